The van der Waals surface area contributed by atoms with E-state index >= 15 is 0 Å². The van der Waals surface area contributed by atoms with E-state index in [0.717, 1.165) is 29.3 Å². The number of para-hydroxylation sites is 1. The molecule has 1 aliphatic carbocycles. The van der Waals surface area contributed by atoms with Crippen molar-refractivity contribution in [3.05, 3.63) is 71.7 Å². The van der Waals surface area contributed by atoms with E-state index in [-0.39, 0.29) is 12.5 Å². The number of benzene rings is 2. The van der Waals surface area contributed by atoms with Gasteiger partial charge in [-0.05, 0) is 37.0 Å². The van der Waals surface area contributed by atoms with Crippen LogP contribution in [0.4, 0.5) is 4.39 Å². The first-order valence-electron chi connectivity index (χ1n) is 10.3. The third-order valence-electron chi connectivity index (χ3n) is 5.96. The quantitative estimate of drug-likeness (QED) is 0.580. The lowest BCUT2D eigenvalue weighted by Crippen LogP contribution is -2.38. The summed E-state index contributed by atoms with van der Waals surface area (Å²) >= 11 is 0. The van der Waals surface area contributed by atoms with Crippen molar-refractivity contribution < 1.29 is 18.7 Å². The van der Waals surface area contributed by atoms with Gasteiger partial charge in [0, 0.05) is 29.2 Å². The lowest BCUT2D eigenvalue weighted by Gasteiger charge is -2.27. The summed E-state index contributed by atoms with van der Waals surface area (Å²) in [6.45, 7) is 0.0829. The molecule has 0 aliphatic heterocycles. The molecule has 0 bridgehead atoms. The highest BCUT2D eigenvalue weighted by atomic mass is 19.1. The molecule has 0 unspecified atom stereocenters. The third kappa shape index (κ3) is 3.95. The number of fused-ring (bicyclic) bond motifs is 1. The molecule has 0 radical (unpaired) electrons. The number of ether oxygens (including phenoxy) is 1. The zero-order chi connectivity index (χ0) is 21.0. The molecule has 30 heavy (non-hydrogen) atoms. The van der Waals surface area contributed by atoms with Crippen LogP contribution in [0, 0.1) is 5.82 Å². The van der Waals surface area contributed by atoms with E-state index in [1.54, 1.807) is 18.2 Å². The van der Waals surface area contributed by atoms with Crippen LogP contribution in [-0.2, 0) is 26.2 Å². The number of esters is 1. The SMILES string of the molecule is O=C(COC(=O)C1(c2ccccc2F)CCCC1)NCCc1c[nH]c2ccccc12. The normalized spacial score (nSPS) is 15.2. The number of aromatic nitrogens is 1. The van der Waals surface area contributed by atoms with Gasteiger partial charge in [-0.2, -0.15) is 0 Å². The van der Waals surface area contributed by atoms with Gasteiger partial charge >= 0.3 is 5.97 Å². The van der Waals surface area contributed by atoms with Crippen LogP contribution in [0.2, 0.25) is 0 Å². The summed E-state index contributed by atoms with van der Waals surface area (Å²) in [5, 5.41) is 3.92. The zero-order valence-electron chi connectivity index (χ0n) is 16.7. The lowest BCUT2D eigenvalue weighted by atomic mass is 9.78. The van der Waals surface area contributed by atoms with Gasteiger partial charge in [0.15, 0.2) is 6.61 Å². The first kappa shape index (κ1) is 20.1. The fourth-order valence-electron chi connectivity index (χ4n) is 4.41. The van der Waals surface area contributed by atoms with Crippen LogP contribution >= 0.6 is 0 Å². The van der Waals surface area contributed by atoms with Gasteiger partial charge in [0.25, 0.3) is 5.91 Å². The van der Waals surface area contributed by atoms with Gasteiger partial charge in [-0.25, -0.2) is 4.39 Å². The van der Waals surface area contributed by atoms with E-state index in [9.17, 15) is 14.0 Å². The molecule has 156 valence electrons. The smallest absolute Gasteiger partial charge is 0.317 e. The maximum Gasteiger partial charge on any atom is 0.317 e. The predicted octanol–water partition coefficient (Wildman–Crippen LogP) is 4.02. The average molecular weight is 408 g/mol. The Morgan fingerprint density at radius 1 is 1.07 bits per heavy atom. The number of aromatic amines is 1. The van der Waals surface area contributed by atoms with Crippen molar-refractivity contribution in [1.29, 1.82) is 0 Å². The molecule has 2 N–H and O–H groups in total. The molecule has 1 saturated carbocycles. The van der Waals surface area contributed by atoms with E-state index in [1.165, 1.54) is 6.07 Å². The van der Waals surface area contributed by atoms with Crippen LogP contribution in [0.1, 0.15) is 36.8 Å². The minimum atomic E-state index is -0.990. The van der Waals surface area contributed by atoms with E-state index in [0.29, 0.717) is 31.4 Å². The number of carbonyl (C=O) groups is 2. The zero-order valence-corrected chi connectivity index (χ0v) is 16.7. The minimum Gasteiger partial charge on any atom is -0.455 e. The lowest BCUT2D eigenvalue weighted by molar-refractivity contribution is -0.154. The standard InChI is InChI=1S/C24H25FN2O3/c25-20-9-3-2-8-19(20)24(12-5-6-13-24)23(29)30-16-22(28)26-14-11-17-15-27-21-10-4-1-7-18(17)21/h1-4,7-10,15,27H,5-6,11-14,16H2,(H,26,28). The molecule has 1 amide bonds. The Morgan fingerprint density at radius 3 is 2.60 bits per heavy atom. The summed E-state index contributed by atoms with van der Waals surface area (Å²) in [7, 11) is 0. The van der Waals surface area contributed by atoms with Crippen LogP contribution in [0.5, 0.6) is 0 Å². The third-order valence-corrected chi connectivity index (χ3v) is 5.96. The van der Waals surface area contributed by atoms with Crippen LogP contribution in [0.25, 0.3) is 10.9 Å². The summed E-state index contributed by atoms with van der Waals surface area (Å²) < 4.78 is 19.7. The summed E-state index contributed by atoms with van der Waals surface area (Å²) in [6, 6.07) is 14.3. The molecule has 1 aliphatic rings. The highest BCUT2D eigenvalue weighted by Crippen LogP contribution is 2.43. The first-order chi connectivity index (χ1) is 14.6. The van der Waals surface area contributed by atoms with E-state index < -0.39 is 17.2 Å². The number of hydrogen-bond acceptors (Lipinski definition) is 3. The van der Waals surface area contributed by atoms with Crippen molar-refractivity contribution in [2.24, 2.45) is 0 Å². The highest BCUT2D eigenvalue weighted by molar-refractivity contribution is 5.87. The Balaban J connectivity index is 1.32. The van der Waals surface area contributed by atoms with E-state index in [2.05, 4.69) is 10.3 Å². The molecule has 1 heterocycles. The van der Waals surface area contributed by atoms with Crippen molar-refractivity contribution in [1.82, 2.24) is 10.3 Å². The molecule has 1 fully saturated rings. The molecule has 6 heteroatoms. The number of halogens is 1. The van der Waals surface area contributed by atoms with Gasteiger partial charge in [0.05, 0.1) is 5.41 Å². The summed E-state index contributed by atoms with van der Waals surface area (Å²) in [4.78, 5) is 28.3. The Labute approximate surface area is 174 Å². The van der Waals surface area contributed by atoms with Crippen LogP contribution in [0.15, 0.2) is 54.7 Å². The van der Waals surface area contributed by atoms with Gasteiger partial charge in [0.1, 0.15) is 5.82 Å². The van der Waals surface area contributed by atoms with Crippen molar-refractivity contribution >= 4 is 22.8 Å². The molecule has 1 aromatic heterocycles. The Morgan fingerprint density at radius 2 is 1.80 bits per heavy atom. The molecular formula is C24H25FN2O3. The molecule has 0 spiro atoms. The summed E-state index contributed by atoms with van der Waals surface area (Å²) in [6.07, 6.45) is 5.35. The molecule has 4 rings (SSSR count). The van der Waals surface area contributed by atoms with Crippen LogP contribution in [0.3, 0.4) is 0 Å². The molecule has 2 aromatic carbocycles. The first-order valence-corrected chi connectivity index (χ1v) is 10.3. The van der Waals surface area contributed by atoms with Gasteiger partial charge in [-0.3, -0.25) is 9.59 Å². The number of rotatable bonds is 7. The van der Waals surface area contributed by atoms with Crippen LogP contribution < -0.4 is 5.32 Å². The maximum atomic E-state index is 14.4. The molecule has 0 saturated heterocycles. The van der Waals surface area contributed by atoms with Gasteiger partial charge in [0.2, 0.25) is 0 Å². The Kier molecular flexibility index (Phi) is 5.84. The summed E-state index contributed by atoms with van der Waals surface area (Å²) in [5.41, 5.74) is 1.55. The van der Waals surface area contributed by atoms with E-state index in [1.807, 2.05) is 30.5 Å². The number of hydrogen-bond donors (Lipinski definition) is 2. The van der Waals surface area contributed by atoms with Crippen molar-refractivity contribution in [3.63, 3.8) is 0 Å². The second kappa shape index (κ2) is 8.69. The number of carbonyl (C=O) groups excluding carboxylic acids is 2. The topological polar surface area (TPSA) is 71.2 Å². The molecular weight excluding hydrogens is 383 g/mol. The number of nitrogens with one attached hydrogen (secondary N) is 2. The molecule has 3 aromatic rings. The van der Waals surface area contributed by atoms with Crippen molar-refractivity contribution in [3.8, 4) is 0 Å². The number of amides is 1. The second-order valence-electron chi connectivity index (χ2n) is 7.80. The fraction of sp³-hybridized carbons (Fsp3) is 0.333. The average Bonchev–Trinajstić information content (AvgIpc) is 3.41. The largest absolute Gasteiger partial charge is 0.455 e. The van der Waals surface area contributed by atoms with Crippen LogP contribution in [-0.4, -0.2) is 30.0 Å². The maximum absolute atomic E-state index is 14.4. The Bertz CT molecular complexity index is 1050. The second-order valence-corrected chi connectivity index (χ2v) is 7.80. The molecule has 5 nitrogen and oxygen atoms in total. The predicted molar refractivity (Wildman–Crippen MR) is 113 cm³/mol. The van der Waals surface area contributed by atoms with Crippen molar-refractivity contribution in [2.45, 2.75) is 37.5 Å². The summed E-state index contributed by atoms with van der Waals surface area (Å²) in [5.74, 6) is -1.28. The van der Waals surface area contributed by atoms with Crippen molar-refractivity contribution in [2.75, 3.05) is 13.2 Å². The highest BCUT2D eigenvalue weighted by Gasteiger charge is 2.45. The van der Waals surface area contributed by atoms with Gasteiger partial charge in [-0.1, -0.05) is 49.2 Å². The number of H-pyrrole nitrogens is 1. The van der Waals surface area contributed by atoms with Gasteiger partial charge in [-0.15, -0.1) is 0 Å². The molecule has 0 atom stereocenters. The fourth-order valence-corrected chi connectivity index (χ4v) is 4.41. The van der Waals surface area contributed by atoms with Gasteiger partial charge < -0.3 is 15.0 Å². The Hall–Kier alpha value is -3.15. The van der Waals surface area contributed by atoms with E-state index in [4.69, 9.17) is 4.74 Å². The monoisotopic (exact) mass is 408 g/mol. The minimum absolute atomic E-state index is 0.357.